The molecule has 3 heteroatoms. The zero-order valence-electron chi connectivity index (χ0n) is 15.8. The lowest BCUT2D eigenvalue weighted by Gasteiger charge is -2.36. The number of rotatable bonds is 3. The first-order chi connectivity index (χ1) is 12.2. The van der Waals surface area contributed by atoms with E-state index in [1.54, 1.807) is 16.8 Å². The van der Waals surface area contributed by atoms with Crippen LogP contribution in [-0.2, 0) is 24.1 Å². The van der Waals surface area contributed by atoms with Gasteiger partial charge in [0.2, 0.25) is 0 Å². The molecule has 5 rings (SSSR count). The van der Waals surface area contributed by atoms with Gasteiger partial charge in [0.25, 0.3) is 0 Å². The van der Waals surface area contributed by atoms with E-state index >= 15 is 0 Å². The molecule has 1 fully saturated rings. The topological polar surface area (TPSA) is 26.2 Å². The molecule has 1 N–H and O–H groups in total. The molecule has 3 aliphatic carbocycles. The Hall–Kier alpha value is -1.06. The zero-order valence-corrected chi connectivity index (χ0v) is 15.8. The largest absolute Gasteiger partial charge is 0.383 e. The average Bonchev–Trinajstić information content (AvgIpc) is 3.25. The van der Waals surface area contributed by atoms with Gasteiger partial charge in [-0.2, -0.15) is 0 Å². The molecule has 0 aromatic carbocycles. The Bertz CT molecular complexity index is 697. The molecule has 1 saturated carbocycles. The summed E-state index contributed by atoms with van der Waals surface area (Å²) in [4.78, 5) is 0. The van der Waals surface area contributed by atoms with Crippen molar-refractivity contribution >= 4 is 6.08 Å². The van der Waals surface area contributed by atoms with Crippen LogP contribution in [0.4, 0.5) is 0 Å². The van der Waals surface area contributed by atoms with Crippen molar-refractivity contribution in [3.63, 3.8) is 0 Å². The third kappa shape index (κ3) is 2.46. The fourth-order valence-electron chi connectivity index (χ4n) is 6.24. The quantitative estimate of drug-likeness (QED) is 0.890. The van der Waals surface area contributed by atoms with Crippen molar-refractivity contribution in [2.45, 2.75) is 76.9 Å². The van der Waals surface area contributed by atoms with Crippen LogP contribution in [0.25, 0.3) is 6.08 Å². The number of allylic oxidation sites excluding steroid dienone is 1. The van der Waals surface area contributed by atoms with Gasteiger partial charge in [0, 0.05) is 37.1 Å². The number of aromatic nitrogens is 1. The second kappa shape index (κ2) is 5.99. The predicted molar refractivity (Wildman–Crippen MR) is 102 cm³/mol. The molecule has 2 heterocycles. The van der Waals surface area contributed by atoms with E-state index in [1.807, 2.05) is 7.11 Å². The summed E-state index contributed by atoms with van der Waals surface area (Å²) in [6, 6.07) is 0.982. The van der Waals surface area contributed by atoms with E-state index in [0.29, 0.717) is 17.5 Å². The number of methoxy groups -OCH3 is 1. The van der Waals surface area contributed by atoms with Crippen LogP contribution in [0.1, 0.15) is 74.0 Å². The Morgan fingerprint density at radius 3 is 2.84 bits per heavy atom. The lowest BCUT2D eigenvalue weighted by atomic mass is 9.68. The molecule has 3 nitrogen and oxygen atoms in total. The van der Waals surface area contributed by atoms with Crippen LogP contribution >= 0.6 is 0 Å². The Morgan fingerprint density at radius 1 is 1.20 bits per heavy atom. The van der Waals surface area contributed by atoms with E-state index in [-0.39, 0.29) is 0 Å². The minimum Gasteiger partial charge on any atom is -0.383 e. The van der Waals surface area contributed by atoms with E-state index < -0.39 is 0 Å². The zero-order chi connectivity index (χ0) is 17.0. The molecule has 3 unspecified atom stereocenters. The lowest BCUT2D eigenvalue weighted by Crippen LogP contribution is -2.46. The smallest absolute Gasteiger partial charge is 0.0633 e. The minimum absolute atomic E-state index is 0.379. The van der Waals surface area contributed by atoms with Gasteiger partial charge in [-0.05, 0) is 67.1 Å². The molecular formula is C22H32N2O. The van der Waals surface area contributed by atoms with Crippen LogP contribution in [0.3, 0.4) is 0 Å². The molecule has 0 saturated heterocycles. The van der Waals surface area contributed by atoms with Gasteiger partial charge in [0.1, 0.15) is 0 Å². The van der Waals surface area contributed by atoms with Crippen molar-refractivity contribution in [2.75, 3.05) is 13.7 Å². The first-order valence-electron chi connectivity index (χ1n) is 10.4. The fourth-order valence-corrected chi connectivity index (χ4v) is 6.24. The van der Waals surface area contributed by atoms with Crippen LogP contribution in [0.5, 0.6) is 0 Å². The van der Waals surface area contributed by atoms with Gasteiger partial charge in [0.05, 0.1) is 6.61 Å². The number of nitrogens with zero attached hydrogens (tertiary/aromatic N) is 1. The van der Waals surface area contributed by atoms with E-state index in [1.165, 1.54) is 57.1 Å². The molecule has 0 spiro atoms. The van der Waals surface area contributed by atoms with Gasteiger partial charge < -0.3 is 14.6 Å². The Balaban J connectivity index is 1.55. The predicted octanol–water partition coefficient (Wildman–Crippen LogP) is 4.25. The number of fused-ring (bicyclic) bond motifs is 3. The number of hydrogen-bond donors (Lipinski definition) is 1. The minimum atomic E-state index is 0.379. The molecule has 136 valence electrons. The Labute approximate surface area is 151 Å². The van der Waals surface area contributed by atoms with Gasteiger partial charge in [-0.1, -0.05) is 25.8 Å². The molecule has 1 aliphatic heterocycles. The van der Waals surface area contributed by atoms with Crippen molar-refractivity contribution in [2.24, 2.45) is 11.3 Å². The molecule has 1 aromatic heterocycles. The fraction of sp³-hybridized carbons (Fsp3) is 0.727. The summed E-state index contributed by atoms with van der Waals surface area (Å²) in [5.74, 6) is 0.889. The molecule has 0 radical (unpaired) electrons. The molecular weight excluding hydrogens is 308 g/mol. The van der Waals surface area contributed by atoms with Gasteiger partial charge in [-0.25, -0.2) is 0 Å². The highest BCUT2D eigenvalue weighted by Gasteiger charge is 2.41. The van der Waals surface area contributed by atoms with Crippen molar-refractivity contribution in [3.05, 3.63) is 28.6 Å². The standard InChI is InChI=1S/C22H32N2O/c1-22(15-6-3-4-7-15)11-10-20-18(12-22)17-8-5-9-19-21(17)24(20)13-16(23-19)14-25-2/h10-11,15-16,19,23H,3-9,12-14H2,1-2H3. The van der Waals surface area contributed by atoms with Crippen LogP contribution in [-0.4, -0.2) is 24.3 Å². The number of ether oxygens (including phenoxy) is 1. The third-order valence-electron chi connectivity index (χ3n) is 7.49. The summed E-state index contributed by atoms with van der Waals surface area (Å²) in [5, 5.41) is 3.87. The van der Waals surface area contributed by atoms with E-state index in [9.17, 15) is 0 Å². The maximum absolute atomic E-state index is 5.46. The van der Waals surface area contributed by atoms with Gasteiger partial charge in [0.15, 0.2) is 0 Å². The number of nitrogens with one attached hydrogen (secondary N) is 1. The summed E-state index contributed by atoms with van der Waals surface area (Å²) in [7, 11) is 1.82. The summed E-state index contributed by atoms with van der Waals surface area (Å²) in [6.07, 6.45) is 15.9. The van der Waals surface area contributed by atoms with Gasteiger partial charge in [-0.3, -0.25) is 0 Å². The molecule has 3 atom stereocenters. The van der Waals surface area contributed by atoms with Gasteiger partial charge in [-0.15, -0.1) is 0 Å². The van der Waals surface area contributed by atoms with E-state index in [2.05, 4.69) is 29.0 Å². The first-order valence-corrected chi connectivity index (χ1v) is 10.4. The second-order valence-corrected chi connectivity index (χ2v) is 9.10. The monoisotopic (exact) mass is 340 g/mol. The molecule has 4 aliphatic rings. The van der Waals surface area contributed by atoms with Crippen molar-refractivity contribution < 1.29 is 4.74 Å². The van der Waals surface area contributed by atoms with Gasteiger partial charge >= 0.3 is 0 Å². The second-order valence-electron chi connectivity index (χ2n) is 9.10. The van der Waals surface area contributed by atoms with Crippen molar-refractivity contribution in [1.82, 2.24) is 9.88 Å². The Morgan fingerprint density at radius 2 is 2.04 bits per heavy atom. The highest BCUT2D eigenvalue weighted by molar-refractivity contribution is 5.61. The summed E-state index contributed by atoms with van der Waals surface area (Å²) < 4.78 is 8.12. The Kier molecular flexibility index (Phi) is 3.87. The summed E-state index contributed by atoms with van der Waals surface area (Å²) in [5.41, 5.74) is 6.91. The van der Waals surface area contributed by atoms with E-state index in [0.717, 1.165) is 19.1 Å². The van der Waals surface area contributed by atoms with Crippen molar-refractivity contribution in [1.29, 1.82) is 0 Å². The third-order valence-corrected chi connectivity index (χ3v) is 7.49. The lowest BCUT2D eigenvalue weighted by molar-refractivity contribution is 0.139. The maximum Gasteiger partial charge on any atom is 0.0633 e. The molecule has 1 aromatic rings. The van der Waals surface area contributed by atoms with E-state index in [4.69, 9.17) is 4.74 Å². The molecule has 0 bridgehead atoms. The van der Waals surface area contributed by atoms with Crippen molar-refractivity contribution in [3.8, 4) is 0 Å². The van der Waals surface area contributed by atoms with Crippen LogP contribution in [0, 0.1) is 11.3 Å². The average molecular weight is 341 g/mol. The molecule has 0 amide bonds. The first kappa shape index (κ1) is 16.1. The SMILES string of the molecule is COCC1Cn2c3c(c4c2C(CCC4)N1)CC(C)(C1CCCC1)C=C3. The van der Waals surface area contributed by atoms with Crippen LogP contribution in [0.2, 0.25) is 0 Å². The van der Waals surface area contributed by atoms with Crippen LogP contribution < -0.4 is 5.32 Å². The highest BCUT2D eigenvalue weighted by Crippen LogP contribution is 2.49. The summed E-state index contributed by atoms with van der Waals surface area (Å²) in [6.45, 7) is 4.40. The van der Waals surface area contributed by atoms with Crippen LogP contribution in [0.15, 0.2) is 6.08 Å². The maximum atomic E-state index is 5.46. The number of hydrogen-bond acceptors (Lipinski definition) is 2. The highest BCUT2D eigenvalue weighted by atomic mass is 16.5. The molecule has 25 heavy (non-hydrogen) atoms. The normalized spacial score (nSPS) is 34.2. The summed E-state index contributed by atoms with van der Waals surface area (Å²) >= 11 is 0.